The second-order valence-electron chi connectivity index (χ2n) is 2.73. The highest BCUT2D eigenvalue weighted by atomic mass is 35.5. The lowest BCUT2D eigenvalue weighted by atomic mass is 10.3. The summed E-state index contributed by atoms with van der Waals surface area (Å²) in [5.74, 6) is -0.336. The molecule has 2 aromatic rings. The second-order valence-corrected chi connectivity index (χ2v) is 4.28. The molecule has 0 saturated carbocycles. The van der Waals surface area contributed by atoms with Gasteiger partial charge in [0.25, 0.3) is 5.91 Å². The highest BCUT2D eigenvalue weighted by molar-refractivity contribution is 7.10. The first-order valence-electron chi connectivity index (χ1n) is 4.06. The van der Waals surface area contributed by atoms with Crippen LogP contribution < -0.4 is 5.32 Å². The van der Waals surface area contributed by atoms with E-state index in [0.29, 0.717) is 10.6 Å². The molecule has 5 nitrogen and oxygen atoms in total. The molecule has 0 aliphatic rings. The van der Waals surface area contributed by atoms with Gasteiger partial charge in [0.1, 0.15) is 10.2 Å². The molecule has 82 valence electrons. The van der Waals surface area contributed by atoms with E-state index < -0.39 is 0 Å². The Bertz CT molecular complexity index is 517. The summed E-state index contributed by atoms with van der Waals surface area (Å²) in [7, 11) is 0. The fraction of sp³-hybridized carbons (Fsp3) is 0. The zero-order chi connectivity index (χ0) is 11.5. The first-order valence-corrected chi connectivity index (χ1v) is 5.59. The number of rotatable bonds is 2. The van der Waals surface area contributed by atoms with Crippen LogP contribution in [0.2, 0.25) is 10.2 Å². The number of nitrogens with one attached hydrogen (secondary N) is 1. The summed E-state index contributed by atoms with van der Waals surface area (Å²) in [5.41, 5.74) is 0.322. The first kappa shape index (κ1) is 11.3. The van der Waals surface area contributed by atoms with E-state index in [4.69, 9.17) is 23.2 Å². The van der Waals surface area contributed by atoms with Gasteiger partial charge in [0, 0.05) is 17.7 Å². The number of halogens is 2. The predicted molar refractivity (Wildman–Crippen MR) is 62.1 cm³/mol. The van der Waals surface area contributed by atoms with E-state index in [-0.39, 0.29) is 16.1 Å². The van der Waals surface area contributed by atoms with Crippen LogP contribution in [0.1, 0.15) is 10.4 Å². The van der Waals surface area contributed by atoms with Crippen LogP contribution in [-0.4, -0.2) is 20.5 Å². The van der Waals surface area contributed by atoms with Crippen molar-refractivity contribution in [1.29, 1.82) is 0 Å². The third kappa shape index (κ3) is 2.46. The maximum absolute atomic E-state index is 11.7. The van der Waals surface area contributed by atoms with Gasteiger partial charge < -0.3 is 5.32 Å². The fourth-order valence-corrected chi connectivity index (χ4v) is 1.64. The number of hydrogen-bond donors (Lipinski definition) is 1. The van der Waals surface area contributed by atoms with Crippen LogP contribution in [-0.2, 0) is 0 Å². The van der Waals surface area contributed by atoms with Gasteiger partial charge in [0.2, 0.25) is 0 Å². The summed E-state index contributed by atoms with van der Waals surface area (Å²) < 4.78 is 3.61. The van der Waals surface area contributed by atoms with Crippen molar-refractivity contribution in [1.82, 2.24) is 14.6 Å². The SMILES string of the molecule is O=C(Nc1cnns1)c1cnc(Cl)c(Cl)c1. The Balaban J connectivity index is 2.18. The minimum Gasteiger partial charge on any atom is -0.311 e. The minimum atomic E-state index is -0.336. The summed E-state index contributed by atoms with van der Waals surface area (Å²) in [6.45, 7) is 0. The zero-order valence-corrected chi connectivity index (χ0v) is 9.97. The van der Waals surface area contributed by atoms with Crippen molar-refractivity contribution in [2.45, 2.75) is 0 Å². The largest absolute Gasteiger partial charge is 0.311 e. The summed E-state index contributed by atoms with van der Waals surface area (Å²) in [5, 5.41) is 7.14. The summed E-state index contributed by atoms with van der Waals surface area (Å²) in [4.78, 5) is 15.4. The molecule has 2 aromatic heterocycles. The lowest BCUT2D eigenvalue weighted by Gasteiger charge is -2.02. The van der Waals surface area contributed by atoms with Crippen LogP contribution in [0.15, 0.2) is 18.5 Å². The molecule has 2 heterocycles. The molecule has 8 heteroatoms. The molecule has 1 N–H and O–H groups in total. The molecule has 0 aliphatic carbocycles. The molecule has 0 spiro atoms. The molecule has 0 aromatic carbocycles. The Labute approximate surface area is 105 Å². The topological polar surface area (TPSA) is 67.8 Å². The second kappa shape index (κ2) is 4.73. The fourth-order valence-electron chi connectivity index (χ4n) is 0.952. The lowest BCUT2D eigenvalue weighted by molar-refractivity contribution is 0.102. The van der Waals surface area contributed by atoms with E-state index >= 15 is 0 Å². The van der Waals surface area contributed by atoms with Crippen molar-refractivity contribution < 1.29 is 4.79 Å². The molecular weight excluding hydrogens is 271 g/mol. The number of nitrogens with zero attached hydrogens (tertiary/aromatic N) is 3. The average Bonchev–Trinajstić information content (AvgIpc) is 2.74. The molecule has 0 unspecified atom stereocenters. The zero-order valence-electron chi connectivity index (χ0n) is 7.65. The maximum atomic E-state index is 11.7. The number of carbonyl (C=O) groups is 1. The molecule has 2 rings (SSSR count). The predicted octanol–water partition coefficient (Wildman–Crippen LogP) is 2.49. The highest BCUT2D eigenvalue weighted by Gasteiger charge is 2.10. The number of anilines is 1. The molecule has 0 aliphatic heterocycles. The van der Waals surface area contributed by atoms with Crippen LogP contribution in [0.4, 0.5) is 5.00 Å². The van der Waals surface area contributed by atoms with Gasteiger partial charge in [-0.3, -0.25) is 4.79 Å². The highest BCUT2D eigenvalue weighted by Crippen LogP contribution is 2.20. The van der Waals surface area contributed by atoms with E-state index in [1.807, 2.05) is 0 Å². The van der Waals surface area contributed by atoms with Gasteiger partial charge in [-0.05, 0) is 6.07 Å². The van der Waals surface area contributed by atoms with Crippen LogP contribution in [0.3, 0.4) is 0 Å². The van der Waals surface area contributed by atoms with Gasteiger partial charge in [-0.2, -0.15) is 0 Å². The van der Waals surface area contributed by atoms with Crippen LogP contribution >= 0.6 is 34.7 Å². The van der Waals surface area contributed by atoms with Crippen molar-refractivity contribution in [3.8, 4) is 0 Å². The third-order valence-electron chi connectivity index (χ3n) is 1.66. The van der Waals surface area contributed by atoms with Gasteiger partial charge in [0.05, 0.1) is 16.8 Å². The molecule has 16 heavy (non-hydrogen) atoms. The van der Waals surface area contributed by atoms with E-state index in [1.54, 1.807) is 0 Å². The third-order valence-corrected chi connectivity index (χ3v) is 2.92. The van der Waals surface area contributed by atoms with Crippen LogP contribution in [0.5, 0.6) is 0 Å². The minimum absolute atomic E-state index is 0.165. The van der Waals surface area contributed by atoms with Gasteiger partial charge in [0.15, 0.2) is 0 Å². The Morgan fingerprint density at radius 2 is 2.19 bits per heavy atom. The van der Waals surface area contributed by atoms with Gasteiger partial charge in [-0.15, -0.1) is 5.10 Å². The Morgan fingerprint density at radius 1 is 1.38 bits per heavy atom. The van der Waals surface area contributed by atoms with Crippen molar-refractivity contribution in [2.24, 2.45) is 0 Å². The number of pyridine rings is 1. The molecule has 0 radical (unpaired) electrons. The number of hydrogen-bond acceptors (Lipinski definition) is 5. The molecule has 0 fully saturated rings. The maximum Gasteiger partial charge on any atom is 0.257 e. The number of aromatic nitrogens is 3. The molecule has 0 saturated heterocycles. The molecule has 1 amide bonds. The Kier molecular flexibility index (Phi) is 3.33. The molecule has 0 bridgehead atoms. The van der Waals surface area contributed by atoms with Crippen molar-refractivity contribution >= 4 is 45.6 Å². The van der Waals surface area contributed by atoms with Gasteiger partial charge in [-0.1, -0.05) is 27.7 Å². The summed E-state index contributed by atoms with van der Waals surface area (Å²) in [6, 6.07) is 1.45. The van der Waals surface area contributed by atoms with Gasteiger partial charge in [-0.25, -0.2) is 4.98 Å². The number of carbonyl (C=O) groups excluding carboxylic acids is 1. The average molecular weight is 275 g/mol. The standard InChI is InChI=1S/C8H4Cl2N4OS/c9-5-1-4(2-11-7(5)10)8(15)13-6-3-12-14-16-6/h1-3H,(H,13,15). The van der Waals surface area contributed by atoms with Crippen molar-refractivity contribution in [3.63, 3.8) is 0 Å². The Hall–Kier alpha value is -1.24. The quantitative estimate of drug-likeness (QED) is 0.855. The van der Waals surface area contributed by atoms with E-state index in [9.17, 15) is 4.79 Å². The summed E-state index contributed by atoms with van der Waals surface area (Å²) in [6.07, 6.45) is 2.80. The smallest absolute Gasteiger partial charge is 0.257 e. The first-order chi connectivity index (χ1) is 7.66. The normalized spacial score (nSPS) is 10.1. The monoisotopic (exact) mass is 274 g/mol. The van der Waals surface area contributed by atoms with Crippen LogP contribution in [0.25, 0.3) is 0 Å². The van der Waals surface area contributed by atoms with Gasteiger partial charge >= 0.3 is 0 Å². The lowest BCUT2D eigenvalue weighted by Crippen LogP contribution is -2.11. The van der Waals surface area contributed by atoms with E-state index in [2.05, 4.69) is 19.9 Å². The van der Waals surface area contributed by atoms with Crippen molar-refractivity contribution in [3.05, 3.63) is 34.2 Å². The van der Waals surface area contributed by atoms with Crippen LogP contribution in [0, 0.1) is 0 Å². The van der Waals surface area contributed by atoms with E-state index in [0.717, 1.165) is 11.5 Å². The Morgan fingerprint density at radius 3 is 2.81 bits per heavy atom. The molecular formula is C8H4Cl2N4OS. The summed E-state index contributed by atoms with van der Waals surface area (Å²) >= 11 is 12.5. The number of amides is 1. The van der Waals surface area contributed by atoms with E-state index in [1.165, 1.54) is 18.5 Å². The van der Waals surface area contributed by atoms with Crippen molar-refractivity contribution in [2.75, 3.05) is 5.32 Å². The molecule has 0 atom stereocenters.